The number of hydrazine groups is 1. The van der Waals surface area contributed by atoms with Gasteiger partial charge in [0.15, 0.2) is 0 Å². The van der Waals surface area contributed by atoms with Crippen LogP contribution in [0.2, 0.25) is 0 Å². The monoisotopic (exact) mass is 222 g/mol. The molecule has 0 aliphatic rings. The quantitative estimate of drug-likeness (QED) is 0.604. The zero-order chi connectivity index (χ0) is 10.7. The largest absolute Gasteiger partial charge is 0.340 e. The molecule has 0 spiro atoms. The van der Waals surface area contributed by atoms with Gasteiger partial charge in [-0.05, 0) is 28.8 Å². The van der Waals surface area contributed by atoms with E-state index in [1.165, 1.54) is 5.56 Å². The number of hydrogen-bond acceptors (Lipinski definition) is 4. The normalized spacial score (nSPS) is 12.9. The van der Waals surface area contributed by atoms with Crippen molar-refractivity contribution in [3.05, 3.63) is 40.6 Å². The van der Waals surface area contributed by atoms with Gasteiger partial charge in [0.25, 0.3) is 0 Å². The van der Waals surface area contributed by atoms with Gasteiger partial charge in [-0.1, -0.05) is 0 Å². The maximum atomic E-state index is 5.53. The minimum Gasteiger partial charge on any atom is -0.340 e. The van der Waals surface area contributed by atoms with E-state index in [4.69, 9.17) is 5.84 Å². The van der Waals surface area contributed by atoms with Gasteiger partial charge in [0.1, 0.15) is 0 Å². The molecule has 0 bridgehead atoms. The number of rotatable bonds is 4. The Morgan fingerprint density at radius 1 is 1.67 bits per heavy atom. The summed E-state index contributed by atoms with van der Waals surface area (Å²) in [6.07, 6.45) is 4.64. The Labute approximate surface area is 92.7 Å². The number of nitrogens with two attached hydrogens (primary N) is 1. The first kappa shape index (κ1) is 10.4. The second-order valence-corrected chi connectivity index (χ2v) is 4.30. The molecule has 0 aliphatic carbocycles. The molecule has 0 radical (unpaired) electrons. The summed E-state index contributed by atoms with van der Waals surface area (Å²) >= 11 is 1.70. The third-order valence-corrected chi connectivity index (χ3v) is 3.04. The molecule has 0 fully saturated rings. The highest BCUT2D eigenvalue weighted by Crippen LogP contribution is 2.17. The van der Waals surface area contributed by atoms with Gasteiger partial charge in [0.05, 0.1) is 18.1 Å². The molecule has 3 N–H and O–H groups in total. The molecule has 4 nitrogen and oxygen atoms in total. The molecule has 0 aromatic carbocycles. The van der Waals surface area contributed by atoms with Crippen LogP contribution >= 0.6 is 11.3 Å². The number of imidazole rings is 1. The van der Waals surface area contributed by atoms with Crippen molar-refractivity contribution in [2.24, 2.45) is 12.9 Å². The van der Waals surface area contributed by atoms with Crippen molar-refractivity contribution in [1.29, 1.82) is 0 Å². The fourth-order valence-corrected chi connectivity index (χ4v) is 2.19. The lowest BCUT2D eigenvalue weighted by atomic mass is 10.1. The molecule has 1 atom stereocenters. The van der Waals surface area contributed by atoms with Crippen molar-refractivity contribution in [2.45, 2.75) is 12.5 Å². The van der Waals surface area contributed by atoms with Crippen molar-refractivity contribution < 1.29 is 0 Å². The minimum atomic E-state index is 0.0841. The Morgan fingerprint density at radius 2 is 2.53 bits per heavy atom. The Bertz CT molecular complexity index is 407. The Hall–Kier alpha value is -1.17. The number of nitrogens with zero attached hydrogens (tertiary/aromatic N) is 2. The maximum Gasteiger partial charge on any atom is 0.0947 e. The molecule has 1 unspecified atom stereocenters. The van der Waals surface area contributed by atoms with Crippen molar-refractivity contribution in [3.63, 3.8) is 0 Å². The first-order chi connectivity index (χ1) is 7.29. The van der Waals surface area contributed by atoms with Crippen LogP contribution in [0, 0.1) is 0 Å². The van der Waals surface area contributed by atoms with Gasteiger partial charge in [-0.25, -0.2) is 4.98 Å². The summed E-state index contributed by atoms with van der Waals surface area (Å²) in [6, 6.07) is 2.19. The van der Waals surface area contributed by atoms with E-state index in [2.05, 4.69) is 27.2 Å². The predicted molar refractivity (Wildman–Crippen MR) is 61.3 cm³/mol. The van der Waals surface area contributed by atoms with Gasteiger partial charge in [-0.3, -0.25) is 11.3 Å². The van der Waals surface area contributed by atoms with Crippen LogP contribution in [0.4, 0.5) is 0 Å². The molecule has 80 valence electrons. The van der Waals surface area contributed by atoms with Crippen LogP contribution in [0.5, 0.6) is 0 Å². The Kier molecular flexibility index (Phi) is 3.15. The summed E-state index contributed by atoms with van der Waals surface area (Å²) in [4.78, 5) is 4.29. The highest BCUT2D eigenvalue weighted by atomic mass is 32.1. The van der Waals surface area contributed by atoms with Gasteiger partial charge >= 0.3 is 0 Å². The molecule has 0 saturated heterocycles. The minimum absolute atomic E-state index is 0.0841. The molecular formula is C10H14N4S. The molecule has 0 saturated carbocycles. The third kappa shape index (κ3) is 2.44. The summed E-state index contributed by atoms with van der Waals surface area (Å²) in [6.45, 7) is 0. The summed E-state index contributed by atoms with van der Waals surface area (Å²) < 4.78 is 1.92. The first-order valence-electron chi connectivity index (χ1n) is 4.74. The van der Waals surface area contributed by atoms with E-state index in [0.717, 1.165) is 12.1 Å². The summed E-state index contributed by atoms with van der Waals surface area (Å²) in [7, 11) is 1.95. The van der Waals surface area contributed by atoms with Crippen molar-refractivity contribution >= 4 is 11.3 Å². The Morgan fingerprint density at radius 3 is 3.07 bits per heavy atom. The lowest BCUT2D eigenvalue weighted by Gasteiger charge is -2.12. The van der Waals surface area contributed by atoms with Crippen LogP contribution in [0.1, 0.15) is 17.3 Å². The number of hydrogen-bond donors (Lipinski definition) is 2. The Balaban J connectivity index is 2.11. The average Bonchev–Trinajstić information content (AvgIpc) is 2.85. The van der Waals surface area contributed by atoms with Crippen molar-refractivity contribution in [1.82, 2.24) is 15.0 Å². The third-order valence-electron chi connectivity index (χ3n) is 2.30. The smallest absolute Gasteiger partial charge is 0.0947 e. The molecular weight excluding hydrogens is 208 g/mol. The van der Waals surface area contributed by atoms with Crippen LogP contribution < -0.4 is 11.3 Å². The van der Waals surface area contributed by atoms with E-state index in [1.54, 1.807) is 17.7 Å². The van der Waals surface area contributed by atoms with E-state index >= 15 is 0 Å². The summed E-state index contributed by atoms with van der Waals surface area (Å²) in [5, 5.41) is 4.20. The van der Waals surface area contributed by atoms with Crippen LogP contribution in [-0.4, -0.2) is 9.55 Å². The molecule has 0 aliphatic heterocycles. The number of aryl methyl sites for hydroxylation is 1. The SMILES string of the molecule is Cn1cnc(C(Cc2ccsc2)NN)c1. The zero-order valence-electron chi connectivity index (χ0n) is 8.55. The topological polar surface area (TPSA) is 55.9 Å². The first-order valence-corrected chi connectivity index (χ1v) is 5.69. The molecule has 2 aromatic heterocycles. The molecule has 15 heavy (non-hydrogen) atoms. The zero-order valence-corrected chi connectivity index (χ0v) is 9.37. The van der Waals surface area contributed by atoms with Crippen LogP contribution in [0.15, 0.2) is 29.4 Å². The second-order valence-electron chi connectivity index (χ2n) is 3.52. The van der Waals surface area contributed by atoms with Gasteiger partial charge in [0.2, 0.25) is 0 Å². The summed E-state index contributed by atoms with van der Waals surface area (Å²) in [5.41, 5.74) is 5.06. The standard InChI is InChI=1S/C10H14N4S/c1-14-5-10(12-7-14)9(13-11)4-8-2-3-15-6-8/h2-3,5-7,9,13H,4,11H2,1H3. The second kappa shape index (κ2) is 4.57. The van der Waals surface area contributed by atoms with Crippen molar-refractivity contribution in [3.8, 4) is 0 Å². The average molecular weight is 222 g/mol. The van der Waals surface area contributed by atoms with Crippen LogP contribution in [-0.2, 0) is 13.5 Å². The summed E-state index contributed by atoms with van der Waals surface area (Å²) in [5.74, 6) is 5.53. The van der Waals surface area contributed by atoms with Crippen molar-refractivity contribution in [2.75, 3.05) is 0 Å². The maximum absolute atomic E-state index is 5.53. The molecule has 0 amide bonds. The molecule has 5 heteroatoms. The van der Waals surface area contributed by atoms with E-state index < -0.39 is 0 Å². The van der Waals surface area contributed by atoms with Gasteiger partial charge < -0.3 is 4.57 Å². The lowest BCUT2D eigenvalue weighted by Crippen LogP contribution is -2.29. The van der Waals surface area contributed by atoms with E-state index in [1.807, 2.05) is 17.8 Å². The van der Waals surface area contributed by atoms with Gasteiger partial charge in [0, 0.05) is 13.2 Å². The van der Waals surface area contributed by atoms with Gasteiger partial charge in [-0.2, -0.15) is 11.3 Å². The molecule has 2 aromatic rings. The van der Waals surface area contributed by atoms with Gasteiger partial charge in [-0.15, -0.1) is 0 Å². The number of nitrogens with one attached hydrogen (secondary N) is 1. The lowest BCUT2D eigenvalue weighted by molar-refractivity contribution is 0.540. The fraction of sp³-hybridized carbons (Fsp3) is 0.300. The predicted octanol–water partition coefficient (Wildman–Crippen LogP) is 1.23. The van der Waals surface area contributed by atoms with Crippen LogP contribution in [0.25, 0.3) is 0 Å². The number of aromatic nitrogens is 2. The molecule has 2 rings (SSSR count). The van der Waals surface area contributed by atoms with E-state index in [9.17, 15) is 0 Å². The van der Waals surface area contributed by atoms with Crippen LogP contribution in [0.3, 0.4) is 0 Å². The highest BCUT2D eigenvalue weighted by molar-refractivity contribution is 7.07. The number of thiophene rings is 1. The van der Waals surface area contributed by atoms with E-state index in [0.29, 0.717) is 0 Å². The fourth-order valence-electron chi connectivity index (χ4n) is 1.51. The van der Waals surface area contributed by atoms with E-state index in [-0.39, 0.29) is 6.04 Å². The molecule has 2 heterocycles. The highest BCUT2D eigenvalue weighted by Gasteiger charge is 2.12.